The fourth-order valence-corrected chi connectivity index (χ4v) is 2.71. The Morgan fingerprint density at radius 3 is 2.86 bits per heavy atom. The Morgan fingerprint density at radius 1 is 1.14 bits per heavy atom. The van der Waals surface area contributed by atoms with Gasteiger partial charge < -0.3 is 9.47 Å². The number of rotatable bonds is 2. The van der Waals surface area contributed by atoms with Crippen LogP contribution in [-0.2, 0) is 5.88 Å². The van der Waals surface area contributed by atoms with Gasteiger partial charge in [-0.2, -0.15) is 0 Å². The molecule has 1 aromatic carbocycles. The van der Waals surface area contributed by atoms with Gasteiger partial charge >= 0.3 is 0 Å². The Labute approximate surface area is 126 Å². The number of halogens is 1. The highest BCUT2D eigenvalue weighted by Crippen LogP contribution is 2.33. The lowest BCUT2D eigenvalue weighted by molar-refractivity contribution is 0.171. The molecule has 6 heteroatoms. The van der Waals surface area contributed by atoms with Crippen molar-refractivity contribution in [1.29, 1.82) is 0 Å². The largest absolute Gasteiger partial charge is 0.486 e. The van der Waals surface area contributed by atoms with Gasteiger partial charge in [-0.05, 0) is 18.2 Å². The predicted molar refractivity (Wildman–Crippen MR) is 79.4 cm³/mol. The quantitative estimate of drug-likeness (QED) is 0.683. The van der Waals surface area contributed by atoms with Crippen LogP contribution in [0.25, 0.3) is 16.7 Å². The monoisotopic (exact) mass is 301 g/mol. The first kappa shape index (κ1) is 12.5. The smallest absolute Gasteiger partial charge is 0.163 e. The maximum atomic E-state index is 6.04. The van der Waals surface area contributed by atoms with Crippen LogP contribution in [-0.4, -0.2) is 27.7 Å². The van der Waals surface area contributed by atoms with Gasteiger partial charge in [-0.1, -0.05) is 0 Å². The zero-order valence-electron chi connectivity index (χ0n) is 11.1. The van der Waals surface area contributed by atoms with Crippen LogP contribution in [0.5, 0.6) is 11.5 Å². The normalized spacial score (nSPS) is 13.6. The second kappa shape index (κ2) is 4.93. The molecule has 2 aromatic heterocycles. The summed E-state index contributed by atoms with van der Waals surface area (Å²) in [5.41, 5.74) is 2.74. The molecule has 0 radical (unpaired) electrons. The number of ether oxygens (including phenoxy) is 2. The number of pyridine rings is 1. The molecule has 3 heterocycles. The molecule has 3 aromatic rings. The minimum absolute atomic E-state index is 0.323. The molecule has 0 unspecified atom stereocenters. The van der Waals surface area contributed by atoms with Crippen molar-refractivity contribution < 1.29 is 9.47 Å². The van der Waals surface area contributed by atoms with E-state index in [1.165, 1.54) is 0 Å². The van der Waals surface area contributed by atoms with E-state index in [2.05, 4.69) is 9.97 Å². The maximum absolute atomic E-state index is 6.04. The number of alkyl halides is 1. The average molecular weight is 302 g/mol. The molecule has 0 atom stereocenters. The minimum Gasteiger partial charge on any atom is -0.486 e. The van der Waals surface area contributed by atoms with Crippen LogP contribution in [0.3, 0.4) is 0 Å². The molecule has 0 saturated carbocycles. The molecule has 0 amide bonds. The number of hydrogen-bond donors (Lipinski definition) is 0. The molecule has 1 aliphatic rings. The van der Waals surface area contributed by atoms with E-state index in [1.807, 2.05) is 28.8 Å². The first-order chi connectivity index (χ1) is 10.4. The fourth-order valence-electron chi connectivity index (χ4n) is 2.53. The van der Waals surface area contributed by atoms with Gasteiger partial charge in [0.15, 0.2) is 11.5 Å². The predicted octanol–water partition coefficient (Wildman–Crippen LogP) is 2.93. The van der Waals surface area contributed by atoms with Gasteiger partial charge in [0, 0.05) is 12.3 Å². The van der Waals surface area contributed by atoms with Gasteiger partial charge in [0.2, 0.25) is 0 Å². The summed E-state index contributed by atoms with van der Waals surface area (Å²) in [6, 6.07) is 7.77. The third-order valence-corrected chi connectivity index (χ3v) is 3.67. The highest BCUT2D eigenvalue weighted by Gasteiger charge is 2.16. The highest BCUT2D eigenvalue weighted by atomic mass is 35.5. The number of benzene rings is 1. The molecule has 0 saturated heterocycles. The average Bonchev–Trinajstić information content (AvgIpc) is 2.93. The van der Waals surface area contributed by atoms with Crippen LogP contribution in [0.4, 0.5) is 0 Å². The van der Waals surface area contributed by atoms with E-state index < -0.39 is 0 Å². The van der Waals surface area contributed by atoms with Gasteiger partial charge in [-0.3, -0.25) is 9.55 Å². The maximum Gasteiger partial charge on any atom is 0.163 e. The second-order valence-corrected chi connectivity index (χ2v) is 4.96. The SMILES string of the molecule is ClCc1nc2cnccc2n1-c1ccc2c(c1)OCCO2. The van der Waals surface area contributed by atoms with Gasteiger partial charge in [-0.25, -0.2) is 4.98 Å². The minimum atomic E-state index is 0.323. The fraction of sp³-hybridized carbons (Fsp3) is 0.200. The summed E-state index contributed by atoms with van der Waals surface area (Å²) in [5.74, 6) is 2.61. The lowest BCUT2D eigenvalue weighted by atomic mass is 10.2. The van der Waals surface area contributed by atoms with Crippen molar-refractivity contribution in [1.82, 2.24) is 14.5 Å². The van der Waals surface area contributed by atoms with Gasteiger partial charge in [0.05, 0.1) is 23.3 Å². The standard InChI is InChI=1S/C15H12ClN3O2/c16-8-15-18-11-9-17-4-3-12(11)19(15)10-1-2-13-14(7-10)21-6-5-20-13/h1-4,7,9H,5-6,8H2. The van der Waals surface area contributed by atoms with Crippen molar-refractivity contribution in [3.63, 3.8) is 0 Å². The van der Waals surface area contributed by atoms with Gasteiger partial charge in [0.25, 0.3) is 0 Å². The molecule has 106 valence electrons. The van der Waals surface area contributed by atoms with Crippen molar-refractivity contribution in [3.8, 4) is 17.2 Å². The first-order valence-electron chi connectivity index (χ1n) is 6.64. The van der Waals surface area contributed by atoms with Crippen LogP contribution >= 0.6 is 11.6 Å². The third kappa shape index (κ3) is 2.01. The van der Waals surface area contributed by atoms with E-state index in [0.29, 0.717) is 19.1 Å². The number of nitrogens with zero attached hydrogens (tertiary/aromatic N) is 3. The molecule has 5 nitrogen and oxygen atoms in total. The summed E-state index contributed by atoms with van der Waals surface area (Å²) in [5, 5.41) is 0. The Balaban J connectivity index is 1.93. The van der Waals surface area contributed by atoms with Crippen LogP contribution in [0.15, 0.2) is 36.7 Å². The van der Waals surface area contributed by atoms with Crippen molar-refractivity contribution in [3.05, 3.63) is 42.5 Å². The summed E-state index contributed by atoms with van der Waals surface area (Å²) in [6.45, 7) is 1.15. The molecule has 0 aliphatic carbocycles. The third-order valence-electron chi connectivity index (χ3n) is 3.43. The van der Waals surface area contributed by atoms with Crippen molar-refractivity contribution in [2.24, 2.45) is 0 Å². The molecule has 0 bridgehead atoms. The van der Waals surface area contributed by atoms with E-state index in [9.17, 15) is 0 Å². The number of aromatic nitrogens is 3. The Hall–Kier alpha value is -2.27. The second-order valence-electron chi connectivity index (χ2n) is 4.69. The summed E-state index contributed by atoms with van der Waals surface area (Å²) < 4.78 is 13.2. The van der Waals surface area contributed by atoms with Crippen molar-refractivity contribution in [2.45, 2.75) is 5.88 Å². The van der Waals surface area contributed by atoms with E-state index >= 15 is 0 Å². The van der Waals surface area contributed by atoms with E-state index in [-0.39, 0.29) is 0 Å². The molecule has 0 fully saturated rings. The van der Waals surface area contributed by atoms with Gasteiger partial charge in [-0.15, -0.1) is 11.6 Å². The Morgan fingerprint density at radius 2 is 2.00 bits per heavy atom. The van der Waals surface area contributed by atoms with Crippen molar-refractivity contribution in [2.75, 3.05) is 13.2 Å². The van der Waals surface area contributed by atoms with E-state index in [4.69, 9.17) is 21.1 Å². The van der Waals surface area contributed by atoms with Crippen LogP contribution in [0, 0.1) is 0 Å². The number of hydrogen-bond acceptors (Lipinski definition) is 4. The zero-order valence-corrected chi connectivity index (χ0v) is 11.9. The molecule has 0 spiro atoms. The Kier molecular flexibility index (Phi) is 2.93. The van der Waals surface area contributed by atoms with Crippen LogP contribution in [0.1, 0.15) is 5.82 Å². The lowest BCUT2D eigenvalue weighted by Gasteiger charge is -2.19. The summed E-state index contributed by atoms with van der Waals surface area (Å²) in [4.78, 5) is 8.62. The molecule has 4 rings (SSSR count). The highest BCUT2D eigenvalue weighted by molar-refractivity contribution is 6.17. The van der Waals surface area contributed by atoms with E-state index in [1.54, 1.807) is 12.4 Å². The van der Waals surface area contributed by atoms with Crippen LogP contribution < -0.4 is 9.47 Å². The summed E-state index contributed by atoms with van der Waals surface area (Å²) in [6.07, 6.45) is 3.48. The van der Waals surface area contributed by atoms with E-state index in [0.717, 1.165) is 34.0 Å². The topological polar surface area (TPSA) is 49.2 Å². The molecule has 1 aliphatic heterocycles. The number of imidazole rings is 1. The molecular weight excluding hydrogens is 290 g/mol. The molecule has 0 N–H and O–H groups in total. The molecular formula is C15H12ClN3O2. The molecule has 21 heavy (non-hydrogen) atoms. The Bertz CT molecular complexity index is 816. The number of fused-ring (bicyclic) bond motifs is 2. The summed E-state index contributed by atoms with van der Waals surface area (Å²) in [7, 11) is 0. The summed E-state index contributed by atoms with van der Waals surface area (Å²) >= 11 is 6.04. The van der Waals surface area contributed by atoms with Crippen molar-refractivity contribution >= 4 is 22.6 Å². The zero-order chi connectivity index (χ0) is 14.2. The van der Waals surface area contributed by atoms with Gasteiger partial charge in [0.1, 0.15) is 24.6 Å². The lowest BCUT2D eigenvalue weighted by Crippen LogP contribution is -2.15. The first-order valence-corrected chi connectivity index (χ1v) is 7.17. The van der Waals surface area contributed by atoms with Crippen LogP contribution in [0.2, 0.25) is 0 Å².